The maximum absolute atomic E-state index is 13.0. The van der Waals surface area contributed by atoms with Crippen molar-refractivity contribution in [1.29, 1.82) is 0 Å². The summed E-state index contributed by atoms with van der Waals surface area (Å²) in [7, 11) is 0. The van der Waals surface area contributed by atoms with Crippen LogP contribution in [-0.2, 0) is 10.2 Å². The number of rotatable bonds is 5. The van der Waals surface area contributed by atoms with Crippen molar-refractivity contribution >= 4 is 22.5 Å². The van der Waals surface area contributed by atoms with Gasteiger partial charge in [0.2, 0.25) is 6.79 Å². The van der Waals surface area contributed by atoms with Crippen LogP contribution in [0.3, 0.4) is 0 Å². The fourth-order valence-electron chi connectivity index (χ4n) is 4.31. The number of ether oxygens (including phenoxy) is 3. The smallest absolute Gasteiger partial charge is 0.270 e. The van der Waals surface area contributed by atoms with E-state index in [1.165, 1.54) is 12.1 Å². The van der Waals surface area contributed by atoms with Crippen LogP contribution < -0.4 is 14.8 Å². The molecule has 0 spiro atoms. The Hall–Kier alpha value is -3.59. The van der Waals surface area contributed by atoms with Gasteiger partial charge in [-0.2, -0.15) is 0 Å². The molecule has 2 N–H and O–H groups in total. The molecule has 1 saturated heterocycles. The molecule has 0 bridgehead atoms. The number of hydrogen-bond donors (Lipinski definition) is 2. The number of H-pyrrole nitrogens is 1. The van der Waals surface area contributed by atoms with Crippen LogP contribution in [0.25, 0.3) is 10.9 Å². The van der Waals surface area contributed by atoms with E-state index >= 15 is 0 Å². The van der Waals surface area contributed by atoms with Crippen LogP contribution in [0.1, 0.15) is 28.8 Å². The quantitative estimate of drug-likeness (QED) is 0.481. The van der Waals surface area contributed by atoms with Gasteiger partial charge in [0.05, 0.1) is 10.5 Å². The number of aromatic amines is 1. The maximum Gasteiger partial charge on any atom is 0.270 e. The van der Waals surface area contributed by atoms with Gasteiger partial charge in [-0.3, -0.25) is 14.9 Å². The van der Waals surface area contributed by atoms with Crippen molar-refractivity contribution in [2.75, 3.05) is 26.6 Å². The number of carbonyl (C=O) groups excluding carboxylic acids is 1. The van der Waals surface area contributed by atoms with Crippen molar-refractivity contribution in [1.82, 2.24) is 10.3 Å². The molecule has 1 aromatic heterocycles. The Morgan fingerprint density at radius 1 is 1.13 bits per heavy atom. The minimum Gasteiger partial charge on any atom is -0.454 e. The van der Waals surface area contributed by atoms with E-state index in [1.807, 2.05) is 18.2 Å². The molecule has 3 heterocycles. The Balaban J connectivity index is 1.41. The average Bonchev–Trinajstić information content (AvgIpc) is 3.44. The minimum absolute atomic E-state index is 0.0533. The lowest BCUT2D eigenvalue weighted by Crippen LogP contribution is -2.44. The lowest BCUT2D eigenvalue weighted by Gasteiger charge is -2.38. The fraction of sp³-hybridized carbons (Fsp3) is 0.318. The van der Waals surface area contributed by atoms with Crippen LogP contribution >= 0.6 is 0 Å². The Kier molecular flexibility index (Phi) is 4.74. The topological polar surface area (TPSA) is 116 Å². The third kappa shape index (κ3) is 3.46. The average molecular weight is 423 g/mol. The second-order valence-electron chi connectivity index (χ2n) is 7.83. The van der Waals surface area contributed by atoms with Crippen molar-refractivity contribution in [3.05, 3.63) is 63.8 Å². The zero-order chi connectivity index (χ0) is 21.4. The number of nitrogens with zero attached hydrogens (tertiary/aromatic N) is 1. The van der Waals surface area contributed by atoms with E-state index in [2.05, 4.69) is 10.3 Å². The van der Waals surface area contributed by atoms with E-state index in [-0.39, 0.29) is 23.8 Å². The standard InChI is InChI=1S/C22H21N3O6/c26-21(17-11-23-18-3-2-15(25(27)28)10-16(17)18)24-12-22(5-7-29-8-6-22)14-1-4-19-20(9-14)31-13-30-19/h1-4,9-11,23H,5-8,12-13H2,(H,24,26). The van der Waals surface area contributed by atoms with Gasteiger partial charge >= 0.3 is 0 Å². The van der Waals surface area contributed by atoms with Crippen LogP contribution in [0.4, 0.5) is 5.69 Å². The Morgan fingerprint density at radius 3 is 2.74 bits per heavy atom. The number of carbonyl (C=O) groups is 1. The SMILES string of the molecule is O=C(NCC1(c2ccc3c(c2)OCO3)CCOCC1)c1c[nH]c2ccc([N+](=O)[O-])cc12. The zero-order valence-electron chi connectivity index (χ0n) is 16.7. The molecule has 2 aliphatic rings. The highest BCUT2D eigenvalue weighted by atomic mass is 16.7. The summed E-state index contributed by atoms with van der Waals surface area (Å²) in [6, 6.07) is 10.3. The van der Waals surface area contributed by atoms with Crippen LogP contribution in [0, 0.1) is 10.1 Å². The number of benzene rings is 2. The second-order valence-corrected chi connectivity index (χ2v) is 7.83. The number of fused-ring (bicyclic) bond motifs is 2. The van der Waals surface area contributed by atoms with Crippen molar-refractivity contribution in [2.45, 2.75) is 18.3 Å². The summed E-state index contributed by atoms with van der Waals surface area (Å²) in [6.45, 7) is 1.82. The van der Waals surface area contributed by atoms with Crippen molar-refractivity contribution in [3.63, 3.8) is 0 Å². The van der Waals surface area contributed by atoms with Gasteiger partial charge in [-0.05, 0) is 36.6 Å². The molecular weight excluding hydrogens is 402 g/mol. The Bertz CT molecular complexity index is 1170. The highest BCUT2D eigenvalue weighted by molar-refractivity contribution is 6.07. The summed E-state index contributed by atoms with van der Waals surface area (Å²) < 4.78 is 16.5. The number of nitro groups is 1. The molecule has 0 radical (unpaired) electrons. The normalized spacial score (nSPS) is 16.9. The Labute approximate surface area is 177 Å². The zero-order valence-corrected chi connectivity index (χ0v) is 16.7. The molecule has 0 unspecified atom stereocenters. The summed E-state index contributed by atoms with van der Waals surface area (Å²) >= 11 is 0. The summed E-state index contributed by atoms with van der Waals surface area (Å²) in [4.78, 5) is 26.7. The summed E-state index contributed by atoms with van der Waals surface area (Å²) in [5, 5.41) is 14.7. The molecule has 3 aromatic rings. The molecule has 0 saturated carbocycles. The molecule has 1 fully saturated rings. The number of nitrogens with one attached hydrogen (secondary N) is 2. The predicted octanol–water partition coefficient (Wildman–Crippen LogP) is 3.28. The van der Waals surface area contributed by atoms with Gasteiger partial charge in [0.1, 0.15) is 0 Å². The third-order valence-corrected chi connectivity index (χ3v) is 6.14. The van der Waals surface area contributed by atoms with Crippen LogP contribution in [0.5, 0.6) is 11.5 Å². The van der Waals surface area contributed by atoms with Crippen molar-refractivity contribution < 1.29 is 23.9 Å². The molecular formula is C22H21N3O6. The fourth-order valence-corrected chi connectivity index (χ4v) is 4.31. The second kappa shape index (κ2) is 7.59. The molecule has 2 aliphatic heterocycles. The van der Waals surface area contributed by atoms with Crippen LogP contribution in [0.15, 0.2) is 42.6 Å². The third-order valence-electron chi connectivity index (χ3n) is 6.14. The van der Waals surface area contributed by atoms with E-state index in [0.717, 1.165) is 24.2 Å². The maximum atomic E-state index is 13.0. The first-order valence-corrected chi connectivity index (χ1v) is 10.1. The molecule has 0 aliphatic carbocycles. The minimum atomic E-state index is -0.467. The first kappa shape index (κ1) is 19.4. The number of hydrogen-bond acceptors (Lipinski definition) is 6. The Morgan fingerprint density at radius 2 is 1.94 bits per heavy atom. The molecule has 160 valence electrons. The van der Waals surface area contributed by atoms with E-state index < -0.39 is 4.92 Å². The van der Waals surface area contributed by atoms with Gasteiger partial charge in [-0.1, -0.05) is 6.07 Å². The van der Waals surface area contributed by atoms with Gasteiger partial charge in [0, 0.05) is 54.4 Å². The molecule has 9 nitrogen and oxygen atoms in total. The van der Waals surface area contributed by atoms with Crippen molar-refractivity contribution in [2.24, 2.45) is 0 Å². The number of non-ortho nitro benzene ring substituents is 1. The van der Waals surface area contributed by atoms with Gasteiger partial charge in [-0.25, -0.2) is 0 Å². The molecule has 1 amide bonds. The van der Waals surface area contributed by atoms with Gasteiger partial charge < -0.3 is 24.5 Å². The highest BCUT2D eigenvalue weighted by Gasteiger charge is 2.36. The number of nitro benzene ring substituents is 1. The van der Waals surface area contributed by atoms with Gasteiger partial charge in [0.25, 0.3) is 11.6 Å². The molecule has 9 heteroatoms. The van der Waals surface area contributed by atoms with Gasteiger partial charge in [-0.15, -0.1) is 0 Å². The van der Waals surface area contributed by atoms with Crippen LogP contribution in [0.2, 0.25) is 0 Å². The van der Waals surface area contributed by atoms with E-state index in [9.17, 15) is 14.9 Å². The summed E-state index contributed by atoms with van der Waals surface area (Å²) in [5.74, 6) is 1.15. The van der Waals surface area contributed by atoms with Gasteiger partial charge in [0.15, 0.2) is 11.5 Å². The molecule has 31 heavy (non-hydrogen) atoms. The van der Waals surface area contributed by atoms with E-state index in [1.54, 1.807) is 12.3 Å². The lowest BCUT2D eigenvalue weighted by atomic mass is 9.74. The summed E-state index contributed by atoms with van der Waals surface area (Å²) in [5.41, 5.74) is 1.77. The predicted molar refractivity (Wildman–Crippen MR) is 112 cm³/mol. The summed E-state index contributed by atoms with van der Waals surface area (Å²) in [6.07, 6.45) is 3.10. The first-order chi connectivity index (χ1) is 15.1. The number of amides is 1. The van der Waals surface area contributed by atoms with Crippen LogP contribution in [-0.4, -0.2) is 42.4 Å². The lowest BCUT2D eigenvalue weighted by molar-refractivity contribution is -0.384. The largest absolute Gasteiger partial charge is 0.454 e. The van der Waals surface area contributed by atoms with E-state index in [4.69, 9.17) is 14.2 Å². The van der Waals surface area contributed by atoms with Crippen molar-refractivity contribution in [3.8, 4) is 11.5 Å². The highest BCUT2D eigenvalue weighted by Crippen LogP contribution is 2.40. The molecule has 2 aromatic carbocycles. The first-order valence-electron chi connectivity index (χ1n) is 10.1. The van der Waals surface area contributed by atoms with E-state index in [0.29, 0.717) is 42.0 Å². The monoisotopic (exact) mass is 423 g/mol. The molecule has 5 rings (SSSR count). The molecule has 0 atom stereocenters. The number of aromatic nitrogens is 1.